The molecule has 0 aromatic rings. The minimum absolute atomic E-state index is 0.244. The predicted octanol–water partition coefficient (Wildman–Crippen LogP) is 0.872. The van der Waals surface area contributed by atoms with Crippen molar-refractivity contribution < 1.29 is 0 Å². The number of alkyl halides is 1. The maximum Gasteiger partial charge on any atom is 0.102 e. The van der Waals surface area contributed by atoms with Crippen molar-refractivity contribution in [2.75, 3.05) is 12.4 Å². The Balaban J connectivity index is 3.66. The largest absolute Gasteiger partial charge is 0.378 e. The molecule has 0 bridgehead atoms. The molecule has 0 heterocycles. The summed E-state index contributed by atoms with van der Waals surface area (Å²) in [4.78, 5) is 0. The quantitative estimate of drug-likeness (QED) is 0.275. The van der Waals surface area contributed by atoms with Crippen molar-refractivity contribution in [1.29, 1.82) is 10.7 Å². The summed E-state index contributed by atoms with van der Waals surface area (Å²) in [5.74, 6) is 0.294. The predicted molar refractivity (Wildman–Crippen MR) is 41.2 cm³/mol. The third-order valence-electron chi connectivity index (χ3n) is 0.808. The number of hydrogen-bond acceptors (Lipinski definition) is 3. The molecule has 0 amide bonds. The summed E-state index contributed by atoms with van der Waals surface area (Å²) in [7, 11) is 0. The fourth-order valence-electron chi connectivity index (χ4n) is 0.347. The Morgan fingerprint density at radius 2 is 2.50 bits per heavy atom. The van der Waals surface area contributed by atoms with Crippen LogP contribution >= 0.6 is 11.6 Å². The van der Waals surface area contributed by atoms with Crippen molar-refractivity contribution >= 4 is 17.8 Å². The zero-order valence-electron chi connectivity index (χ0n) is 5.39. The van der Waals surface area contributed by atoms with Crippen LogP contribution < -0.4 is 5.32 Å². The standard InChI is InChI=1S/C6H8ClN3/c7-3-6(4-9)5-10-2-1-8/h4-5,9-10H,2-3H2/b6-5-,9-4?. The molecule has 0 aliphatic rings. The molecule has 0 rings (SSSR count). The van der Waals surface area contributed by atoms with Crippen LogP contribution in [0.2, 0.25) is 0 Å². The summed E-state index contributed by atoms with van der Waals surface area (Å²) in [5, 5.41) is 17.6. The molecule has 0 aromatic carbocycles. The average molecular weight is 158 g/mol. The van der Waals surface area contributed by atoms with E-state index in [0.29, 0.717) is 11.5 Å². The number of nitrogens with one attached hydrogen (secondary N) is 2. The first-order valence-corrected chi connectivity index (χ1v) is 3.24. The molecule has 3 nitrogen and oxygen atoms in total. The van der Waals surface area contributed by atoms with Crippen molar-refractivity contribution in [3.63, 3.8) is 0 Å². The van der Waals surface area contributed by atoms with Crippen LogP contribution in [0.1, 0.15) is 0 Å². The Morgan fingerprint density at radius 3 is 2.90 bits per heavy atom. The Bertz CT molecular complexity index is 168. The second kappa shape index (κ2) is 6.12. The molecular formula is C6H8ClN3. The van der Waals surface area contributed by atoms with Crippen LogP contribution in [0.5, 0.6) is 0 Å². The second-order valence-electron chi connectivity index (χ2n) is 1.54. The lowest BCUT2D eigenvalue weighted by Gasteiger charge is -1.93. The van der Waals surface area contributed by atoms with Crippen molar-refractivity contribution in [2.45, 2.75) is 0 Å². The highest BCUT2D eigenvalue weighted by Crippen LogP contribution is 1.89. The third kappa shape index (κ3) is 3.93. The molecular weight excluding hydrogens is 150 g/mol. The van der Waals surface area contributed by atoms with Gasteiger partial charge in [0, 0.05) is 18.0 Å². The van der Waals surface area contributed by atoms with Gasteiger partial charge < -0.3 is 10.7 Å². The molecule has 0 aliphatic carbocycles. The Morgan fingerprint density at radius 1 is 1.80 bits per heavy atom. The van der Waals surface area contributed by atoms with E-state index < -0.39 is 0 Å². The molecule has 4 heteroatoms. The summed E-state index contributed by atoms with van der Waals surface area (Å²) < 4.78 is 0. The number of hydrogen-bond donors (Lipinski definition) is 2. The van der Waals surface area contributed by atoms with Gasteiger partial charge in [-0.1, -0.05) is 0 Å². The lowest BCUT2D eigenvalue weighted by Crippen LogP contribution is -2.06. The fourth-order valence-corrected chi connectivity index (χ4v) is 0.501. The Labute approximate surface area is 64.8 Å². The molecule has 0 saturated heterocycles. The zero-order chi connectivity index (χ0) is 7.82. The Kier molecular flexibility index (Phi) is 5.50. The van der Waals surface area contributed by atoms with E-state index in [1.807, 2.05) is 6.07 Å². The van der Waals surface area contributed by atoms with E-state index in [1.54, 1.807) is 6.20 Å². The number of nitrogens with zero attached hydrogens (tertiary/aromatic N) is 1. The zero-order valence-corrected chi connectivity index (χ0v) is 6.15. The van der Waals surface area contributed by atoms with Gasteiger partial charge in [-0.15, -0.1) is 11.6 Å². The van der Waals surface area contributed by atoms with Gasteiger partial charge in [-0.2, -0.15) is 5.26 Å². The van der Waals surface area contributed by atoms with E-state index in [-0.39, 0.29) is 6.54 Å². The van der Waals surface area contributed by atoms with Gasteiger partial charge in [0.05, 0.1) is 11.9 Å². The van der Waals surface area contributed by atoms with E-state index in [1.165, 1.54) is 0 Å². The van der Waals surface area contributed by atoms with Gasteiger partial charge in [0.25, 0.3) is 0 Å². The van der Waals surface area contributed by atoms with Gasteiger partial charge in [0.15, 0.2) is 0 Å². The van der Waals surface area contributed by atoms with Gasteiger partial charge >= 0.3 is 0 Å². The normalized spacial score (nSPS) is 10.2. The molecule has 0 radical (unpaired) electrons. The molecule has 0 saturated carbocycles. The van der Waals surface area contributed by atoms with Crippen LogP contribution in [0.25, 0.3) is 0 Å². The first-order valence-electron chi connectivity index (χ1n) is 2.71. The molecule has 54 valence electrons. The summed E-state index contributed by atoms with van der Waals surface area (Å²) in [5.41, 5.74) is 0.664. The van der Waals surface area contributed by atoms with Crippen LogP contribution in [0.15, 0.2) is 11.8 Å². The molecule has 2 N–H and O–H groups in total. The SMILES string of the molecule is N#CCN/C=C(\C=N)CCl. The van der Waals surface area contributed by atoms with Gasteiger partial charge in [-0.25, -0.2) is 0 Å². The maximum absolute atomic E-state index is 8.09. The van der Waals surface area contributed by atoms with E-state index in [4.69, 9.17) is 22.3 Å². The van der Waals surface area contributed by atoms with Gasteiger partial charge in [0.1, 0.15) is 6.54 Å². The minimum atomic E-state index is 0.244. The topological polar surface area (TPSA) is 59.7 Å². The van der Waals surface area contributed by atoms with Gasteiger partial charge in [-0.3, -0.25) is 0 Å². The maximum atomic E-state index is 8.09. The monoisotopic (exact) mass is 157 g/mol. The molecule has 0 fully saturated rings. The summed E-state index contributed by atoms with van der Waals surface area (Å²) >= 11 is 5.40. The van der Waals surface area contributed by atoms with Crippen molar-refractivity contribution in [2.24, 2.45) is 0 Å². The molecule has 0 aliphatic heterocycles. The molecule has 0 unspecified atom stereocenters. The molecule has 0 spiro atoms. The smallest absolute Gasteiger partial charge is 0.102 e. The van der Waals surface area contributed by atoms with Gasteiger partial charge in [-0.05, 0) is 0 Å². The number of nitriles is 1. The summed E-state index contributed by atoms with van der Waals surface area (Å²) in [6.45, 7) is 0.244. The number of halogens is 1. The van der Waals surface area contributed by atoms with Gasteiger partial charge in [0.2, 0.25) is 0 Å². The molecule has 10 heavy (non-hydrogen) atoms. The van der Waals surface area contributed by atoms with E-state index >= 15 is 0 Å². The van der Waals surface area contributed by atoms with Crippen LogP contribution in [-0.4, -0.2) is 18.6 Å². The van der Waals surface area contributed by atoms with Crippen LogP contribution in [0.3, 0.4) is 0 Å². The van der Waals surface area contributed by atoms with E-state index in [9.17, 15) is 0 Å². The first-order chi connectivity index (χ1) is 4.85. The number of rotatable bonds is 4. The third-order valence-corrected chi connectivity index (χ3v) is 1.12. The van der Waals surface area contributed by atoms with Crippen LogP contribution in [0.4, 0.5) is 0 Å². The lowest BCUT2D eigenvalue weighted by molar-refractivity contribution is 0.986. The van der Waals surface area contributed by atoms with Crippen LogP contribution in [0, 0.1) is 16.7 Å². The second-order valence-corrected chi connectivity index (χ2v) is 1.80. The number of allylic oxidation sites excluding steroid dienone is 1. The summed E-state index contributed by atoms with van der Waals surface area (Å²) in [6, 6.07) is 1.90. The fraction of sp³-hybridized carbons (Fsp3) is 0.333. The average Bonchev–Trinajstić information content (AvgIpc) is 1.99. The van der Waals surface area contributed by atoms with E-state index in [2.05, 4.69) is 5.32 Å². The van der Waals surface area contributed by atoms with Crippen LogP contribution in [-0.2, 0) is 0 Å². The van der Waals surface area contributed by atoms with Crippen molar-refractivity contribution in [3.8, 4) is 6.07 Å². The highest BCUT2D eigenvalue weighted by molar-refractivity contribution is 6.21. The highest BCUT2D eigenvalue weighted by atomic mass is 35.5. The Hall–Kier alpha value is -1.01. The molecule has 0 atom stereocenters. The van der Waals surface area contributed by atoms with Crippen molar-refractivity contribution in [1.82, 2.24) is 5.32 Å². The molecule has 0 aromatic heterocycles. The van der Waals surface area contributed by atoms with Crippen molar-refractivity contribution in [3.05, 3.63) is 11.8 Å². The lowest BCUT2D eigenvalue weighted by atomic mass is 10.4. The van der Waals surface area contributed by atoms with E-state index in [0.717, 1.165) is 6.21 Å². The minimum Gasteiger partial charge on any atom is -0.378 e. The first kappa shape index (κ1) is 8.99. The highest BCUT2D eigenvalue weighted by Gasteiger charge is 1.86. The summed E-state index contributed by atoms with van der Waals surface area (Å²) in [6.07, 6.45) is 2.71.